The van der Waals surface area contributed by atoms with Crippen LogP contribution < -0.4 is 0 Å². The molecule has 0 saturated carbocycles. The lowest BCUT2D eigenvalue weighted by atomic mass is 10.2. The van der Waals surface area contributed by atoms with Crippen LogP contribution in [-0.4, -0.2) is 11.7 Å². The predicted molar refractivity (Wildman–Crippen MR) is 49.5 cm³/mol. The van der Waals surface area contributed by atoms with Crippen LogP contribution in [0.3, 0.4) is 0 Å². The molecule has 0 aromatic rings. The van der Waals surface area contributed by atoms with Crippen LogP contribution in [0.1, 0.15) is 32.1 Å². The number of rotatable bonds is 7. The molecule has 1 nitrogen and oxygen atoms in total. The van der Waals surface area contributed by atoms with Gasteiger partial charge in [0.2, 0.25) is 0 Å². The van der Waals surface area contributed by atoms with Gasteiger partial charge in [0.05, 0.1) is 0 Å². The molecule has 64 valence electrons. The summed E-state index contributed by atoms with van der Waals surface area (Å²) < 4.78 is 0. The van der Waals surface area contributed by atoms with E-state index in [0.29, 0.717) is 0 Å². The topological polar surface area (TPSA) is 20.2 Å². The normalized spacial score (nSPS) is 10.6. The molecule has 0 rings (SSSR count). The third-order valence-corrected chi connectivity index (χ3v) is 1.49. The molecule has 0 bridgehead atoms. The van der Waals surface area contributed by atoms with Crippen LogP contribution in [0.5, 0.6) is 0 Å². The van der Waals surface area contributed by atoms with Crippen molar-refractivity contribution in [2.24, 2.45) is 0 Å². The zero-order valence-electron chi connectivity index (χ0n) is 7.13. The maximum atomic E-state index is 8.44. The Bertz CT molecular complexity index is 105. The molecule has 1 N–H and O–H groups in total. The molecular formula is C10H18O. The van der Waals surface area contributed by atoms with Gasteiger partial charge in [-0.3, -0.25) is 0 Å². The van der Waals surface area contributed by atoms with Gasteiger partial charge in [0.15, 0.2) is 0 Å². The van der Waals surface area contributed by atoms with Crippen molar-refractivity contribution in [2.75, 3.05) is 6.61 Å². The molecule has 0 aliphatic rings. The van der Waals surface area contributed by atoms with E-state index < -0.39 is 0 Å². The van der Waals surface area contributed by atoms with E-state index >= 15 is 0 Å². The Balaban J connectivity index is 2.94. The molecule has 0 unspecified atom stereocenters. The van der Waals surface area contributed by atoms with Crippen molar-refractivity contribution in [1.82, 2.24) is 0 Å². The average Bonchev–Trinajstić information content (AvgIpc) is 2.03. The van der Waals surface area contributed by atoms with E-state index in [2.05, 4.69) is 12.7 Å². The third-order valence-electron chi connectivity index (χ3n) is 1.49. The van der Waals surface area contributed by atoms with Crippen LogP contribution in [-0.2, 0) is 0 Å². The second-order valence-electron chi connectivity index (χ2n) is 2.56. The molecule has 0 aromatic heterocycles. The number of hydrogen-bond donors (Lipinski definition) is 1. The molecule has 0 aromatic carbocycles. The molecule has 0 fully saturated rings. The lowest BCUT2D eigenvalue weighted by Gasteiger charge is -1.91. The molecule has 0 radical (unpaired) electrons. The number of aliphatic hydroxyl groups excluding tert-OH is 1. The van der Waals surface area contributed by atoms with Gasteiger partial charge in [-0.25, -0.2) is 0 Å². The number of unbranched alkanes of at least 4 members (excludes halogenated alkanes) is 3. The van der Waals surface area contributed by atoms with Crippen molar-refractivity contribution in [2.45, 2.75) is 32.1 Å². The highest BCUT2D eigenvalue weighted by Crippen LogP contribution is 2.00. The molecule has 11 heavy (non-hydrogen) atoms. The largest absolute Gasteiger partial charge is 0.396 e. The summed E-state index contributed by atoms with van der Waals surface area (Å²) in [7, 11) is 0. The van der Waals surface area contributed by atoms with E-state index in [0.717, 1.165) is 19.3 Å². The lowest BCUT2D eigenvalue weighted by molar-refractivity contribution is 0.302. The molecule has 0 heterocycles. The summed E-state index contributed by atoms with van der Waals surface area (Å²) in [5.74, 6) is 0. The van der Waals surface area contributed by atoms with Gasteiger partial charge in [0.1, 0.15) is 0 Å². The molecule has 0 aliphatic carbocycles. The Kier molecular flexibility index (Phi) is 8.96. The number of allylic oxidation sites excluding steroid dienone is 2. The zero-order valence-corrected chi connectivity index (χ0v) is 7.13. The summed E-state index contributed by atoms with van der Waals surface area (Å²) >= 11 is 0. The Morgan fingerprint density at radius 2 is 1.64 bits per heavy atom. The summed E-state index contributed by atoms with van der Waals surface area (Å²) in [6.07, 6.45) is 11.6. The summed E-state index contributed by atoms with van der Waals surface area (Å²) in [6.45, 7) is 3.92. The van der Waals surface area contributed by atoms with E-state index in [1.807, 2.05) is 12.2 Å². The monoisotopic (exact) mass is 154 g/mol. The smallest absolute Gasteiger partial charge is 0.0465 e. The Hall–Kier alpha value is -0.560. The first-order chi connectivity index (χ1) is 5.41. The fraction of sp³-hybridized carbons (Fsp3) is 0.600. The third kappa shape index (κ3) is 9.44. The maximum Gasteiger partial charge on any atom is 0.0465 e. The molecule has 0 spiro atoms. The molecule has 0 amide bonds. The maximum absolute atomic E-state index is 8.44. The van der Waals surface area contributed by atoms with E-state index in [9.17, 15) is 0 Å². The van der Waals surface area contributed by atoms with Gasteiger partial charge < -0.3 is 5.11 Å². The summed E-state index contributed by atoms with van der Waals surface area (Å²) in [5, 5.41) is 8.44. The van der Waals surface area contributed by atoms with E-state index in [-0.39, 0.29) is 6.61 Å². The van der Waals surface area contributed by atoms with Crippen LogP contribution in [0.15, 0.2) is 24.8 Å². The highest BCUT2D eigenvalue weighted by Gasteiger charge is 1.81. The van der Waals surface area contributed by atoms with Gasteiger partial charge in [0.25, 0.3) is 0 Å². The van der Waals surface area contributed by atoms with Gasteiger partial charge in [-0.05, 0) is 32.1 Å². The van der Waals surface area contributed by atoms with Crippen molar-refractivity contribution in [3.05, 3.63) is 24.8 Å². The second-order valence-corrected chi connectivity index (χ2v) is 2.56. The van der Waals surface area contributed by atoms with Gasteiger partial charge in [-0.1, -0.05) is 18.2 Å². The summed E-state index contributed by atoms with van der Waals surface area (Å²) in [4.78, 5) is 0. The first-order valence-corrected chi connectivity index (χ1v) is 4.28. The van der Waals surface area contributed by atoms with Crippen molar-refractivity contribution < 1.29 is 5.11 Å². The van der Waals surface area contributed by atoms with E-state index in [1.165, 1.54) is 12.8 Å². The van der Waals surface area contributed by atoms with Crippen molar-refractivity contribution >= 4 is 0 Å². The Morgan fingerprint density at radius 1 is 1.00 bits per heavy atom. The van der Waals surface area contributed by atoms with E-state index in [1.54, 1.807) is 0 Å². The number of hydrogen-bond acceptors (Lipinski definition) is 1. The zero-order chi connectivity index (χ0) is 8.36. The summed E-state index contributed by atoms with van der Waals surface area (Å²) in [5.41, 5.74) is 0. The first kappa shape index (κ1) is 10.4. The molecule has 0 atom stereocenters. The van der Waals surface area contributed by atoms with Crippen LogP contribution in [0, 0.1) is 0 Å². The standard InChI is InChI=1S/C10H18O/c1-2-3-4-5-6-7-8-9-10-11/h2,7-8,11H,1,3-6,9-10H2. The predicted octanol–water partition coefficient (Wildman–Crippen LogP) is 2.67. The minimum Gasteiger partial charge on any atom is -0.396 e. The van der Waals surface area contributed by atoms with Gasteiger partial charge in [-0.2, -0.15) is 0 Å². The first-order valence-electron chi connectivity index (χ1n) is 4.28. The molecule has 1 heteroatoms. The van der Waals surface area contributed by atoms with E-state index in [4.69, 9.17) is 5.11 Å². The van der Waals surface area contributed by atoms with Crippen LogP contribution in [0.2, 0.25) is 0 Å². The molecule has 0 saturated heterocycles. The minimum absolute atomic E-state index is 0.267. The highest BCUT2D eigenvalue weighted by atomic mass is 16.2. The van der Waals surface area contributed by atoms with Gasteiger partial charge in [-0.15, -0.1) is 6.58 Å². The lowest BCUT2D eigenvalue weighted by Crippen LogP contribution is -1.76. The fourth-order valence-corrected chi connectivity index (χ4v) is 0.861. The van der Waals surface area contributed by atoms with Gasteiger partial charge >= 0.3 is 0 Å². The SMILES string of the molecule is C=CCCCCC=CCCO. The number of aliphatic hydroxyl groups is 1. The molecular weight excluding hydrogens is 136 g/mol. The minimum atomic E-state index is 0.267. The highest BCUT2D eigenvalue weighted by molar-refractivity contribution is 4.81. The van der Waals surface area contributed by atoms with Gasteiger partial charge in [0, 0.05) is 6.61 Å². The Morgan fingerprint density at radius 3 is 2.27 bits per heavy atom. The second kappa shape index (κ2) is 9.44. The quantitative estimate of drug-likeness (QED) is 0.441. The van der Waals surface area contributed by atoms with Crippen molar-refractivity contribution in [3.63, 3.8) is 0 Å². The van der Waals surface area contributed by atoms with Crippen LogP contribution in [0.25, 0.3) is 0 Å². The summed E-state index contributed by atoms with van der Waals surface area (Å²) in [6, 6.07) is 0. The molecule has 0 aliphatic heterocycles. The van der Waals surface area contributed by atoms with Crippen LogP contribution >= 0.6 is 0 Å². The van der Waals surface area contributed by atoms with Crippen LogP contribution in [0.4, 0.5) is 0 Å². The average molecular weight is 154 g/mol. The fourth-order valence-electron chi connectivity index (χ4n) is 0.861. The van der Waals surface area contributed by atoms with Crippen molar-refractivity contribution in [1.29, 1.82) is 0 Å². The Labute approximate surface area is 69.4 Å². The van der Waals surface area contributed by atoms with Crippen molar-refractivity contribution in [3.8, 4) is 0 Å².